The Kier molecular flexibility index (Phi) is 3.85. The van der Waals surface area contributed by atoms with Crippen molar-refractivity contribution in [1.29, 1.82) is 0 Å². The average molecular weight is 331 g/mol. The number of fused-ring (bicyclic) bond motifs is 1. The molecule has 5 N–H and O–H groups in total. The second-order valence-corrected chi connectivity index (χ2v) is 6.04. The molecule has 11 nitrogen and oxygen atoms in total. The summed E-state index contributed by atoms with van der Waals surface area (Å²) in [5.74, 6) is 0.226. The molecule has 3 atom stereocenters. The zero-order valence-corrected chi connectivity index (χ0v) is 12.1. The van der Waals surface area contributed by atoms with Crippen LogP contribution in [0.25, 0.3) is 11.2 Å². The number of nitrogen functional groups attached to an aromatic ring is 1. The Labute approximate surface area is 124 Å². The van der Waals surface area contributed by atoms with E-state index in [1.807, 2.05) is 0 Å². The maximum Gasteiger partial charge on any atom is 0.469 e. The lowest BCUT2D eigenvalue weighted by Gasteiger charge is -2.16. The molecule has 2 aromatic heterocycles. The van der Waals surface area contributed by atoms with E-state index < -0.39 is 32.9 Å². The van der Waals surface area contributed by atoms with Crippen LogP contribution >= 0.6 is 7.82 Å². The normalized spacial score (nSPS) is 25.9. The van der Waals surface area contributed by atoms with Gasteiger partial charge >= 0.3 is 7.82 Å². The highest BCUT2D eigenvalue weighted by Gasteiger charge is 2.37. The number of imidazole rings is 1. The van der Waals surface area contributed by atoms with Crippen LogP contribution in [0.5, 0.6) is 0 Å². The third-order valence-corrected chi connectivity index (χ3v) is 3.79. The van der Waals surface area contributed by atoms with Crippen LogP contribution in [0.1, 0.15) is 12.6 Å². The molecule has 22 heavy (non-hydrogen) atoms. The Bertz CT molecular complexity index is 732. The van der Waals surface area contributed by atoms with Crippen molar-refractivity contribution < 1.29 is 28.7 Å². The SMILES string of the molecule is Nc1ncnc2c1ncn2[C@H]1C[C@@H](O)[C@@H](COP(=O)(O)O)O1. The number of rotatable bonds is 4. The maximum atomic E-state index is 10.7. The minimum absolute atomic E-state index is 0.199. The molecule has 1 aliphatic heterocycles. The second kappa shape index (κ2) is 5.54. The lowest BCUT2D eigenvalue weighted by molar-refractivity contribution is -0.0424. The largest absolute Gasteiger partial charge is 0.469 e. The number of aromatic nitrogens is 4. The molecule has 0 bridgehead atoms. The molecule has 0 aliphatic carbocycles. The van der Waals surface area contributed by atoms with Crippen molar-refractivity contribution >= 4 is 24.8 Å². The van der Waals surface area contributed by atoms with Crippen molar-refractivity contribution in [2.24, 2.45) is 0 Å². The summed E-state index contributed by atoms with van der Waals surface area (Å²) in [6.07, 6.45) is 0.543. The molecule has 0 spiro atoms. The zero-order valence-electron chi connectivity index (χ0n) is 11.2. The van der Waals surface area contributed by atoms with Crippen molar-refractivity contribution in [3.63, 3.8) is 0 Å². The van der Waals surface area contributed by atoms with Crippen molar-refractivity contribution in [2.75, 3.05) is 12.3 Å². The summed E-state index contributed by atoms with van der Waals surface area (Å²) in [5.41, 5.74) is 6.55. The summed E-state index contributed by atoms with van der Waals surface area (Å²) in [6.45, 7) is -0.425. The van der Waals surface area contributed by atoms with Crippen molar-refractivity contribution in [1.82, 2.24) is 19.5 Å². The first kappa shape index (κ1) is 15.3. The second-order valence-electron chi connectivity index (χ2n) is 4.80. The number of ether oxygens (including phenoxy) is 1. The van der Waals surface area contributed by atoms with E-state index in [9.17, 15) is 9.67 Å². The van der Waals surface area contributed by atoms with Crippen LogP contribution in [0.4, 0.5) is 5.82 Å². The highest BCUT2D eigenvalue weighted by Crippen LogP contribution is 2.38. The van der Waals surface area contributed by atoms with Crippen molar-refractivity contribution in [2.45, 2.75) is 24.9 Å². The van der Waals surface area contributed by atoms with Crippen LogP contribution in [0.15, 0.2) is 12.7 Å². The van der Waals surface area contributed by atoms with E-state index in [-0.39, 0.29) is 12.2 Å². The Balaban J connectivity index is 1.78. The summed E-state index contributed by atoms with van der Waals surface area (Å²) < 4.78 is 22.2. The predicted octanol–water partition coefficient (Wildman–Crippen LogP) is -0.834. The molecule has 0 aromatic carbocycles. The summed E-state index contributed by atoms with van der Waals surface area (Å²) in [6, 6.07) is 0. The molecular weight excluding hydrogens is 317 g/mol. The van der Waals surface area contributed by atoms with Crippen LogP contribution in [-0.2, 0) is 13.8 Å². The Morgan fingerprint density at radius 3 is 2.95 bits per heavy atom. The van der Waals surface area contributed by atoms with Gasteiger partial charge in [0.2, 0.25) is 0 Å². The highest BCUT2D eigenvalue weighted by atomic mass is 31.2. The standard InChI is InChI=1S/C10H14N5O6P/c11-9-8-10(13-3-12-9)15(4-14-8)7-1-5(16)6(21-7)2-20-22(17,18)19/h3-7,16H,1-2H2,(H2,11,12,13)(H2,17,18,19)/t5-,6-,7-/m1/s1. The van der Waals surface area contributed by atoms with Gasteiger partial charge in [0.05, 0.1) is 19.0 Å². The molecular formula is C10H14N5O6P. The van der Waals surface area contributed by atoms with Crippen molar-refractivity contribution in [3.8, 4) is 0 Å². The van der Waals surface area contributed by atoms with E-state index in [4.69, 9.17) is 20.3 Å². The summed E-state index contributed by atoms with van der Waals surface area (Å²) >= 11 is 0. The van der Waals surface area contributed by atoms with Gasteiger partial charge in [-0.2, -0.15) is 0 Å². The number of hydrogen-bond acceptors (Lipinski definition) is 8. The first-order chi connectivity index (χ1) is 10.3. The van der Waals surface area contributed by atoms with Gasteiger partial charge in [0, 0.05) is 6.42 Å². The molecule has 1 fully saturated rings. The van der Waals surface area contributed by atoms with Crippen LogP contribution in [0.3, 0.4) is 0 Å². The smallest absolute Gasteiger partial charge is 0.390 e. The fourth-order valence-electron chi connectivity index (χ4n) is 2.29. The molecule has 0 unspecified atom stereocenters. The summed E-state index contributed by atoms with van der Waals surface area (Å²) in [7, 11) is -4.62. The molecule has 12 heteroatoms. The van der Waals surface area contributed by atoms with E-state index in [1.165, 1.54) is 12.7 Å². The number of nitrogens with zero attached hydrogens (tertiary/aromatic N) is 4. The molecule has 3 rings (SSSR count). The first-order valence-electron chi connectivity index (χ1n) is 6.32. The van der Waals surface area contributed by atoms with Crippen LogP contribution in [-0.4, -0.2) is 53.2 Å². The van der Waals surface area contributed by atoms with Crippen LogP contribution in [0.2, 0.25) is 0 Å². The maximum absolute atomic E-state index is 10.7. The minimum Gasteiger partial charge on any atom is -0.390 e. The van der Waals surface area contributed by atoms with E-state index in [1.54, 1.807) is 4.57 Å². The fraction of sp³-hybridized carbons (Fsp3) is 0.500. The number of phosphoric acid groups is 1. The third-order valence-electron chi connectivity index (χ3n) is 3.31. The van der Waals surface area contributed by atoms with Crippen LogP contribution in [0, 0.1) is 0 Å². The number of hydrogen-bond donors (Lipinski definition) is 4. The number of phosphoric ester groups is 1. The van der Waals surface area contributed by atoms with Crippen LogP contribution < -0.4 is 5.73 Å². The van der Waals surface area contributed by atoms with Gasteiger partial charge in [-0.25, -0.2) is 19.5 Å². The Morgan fingerprint density at radius 1 is 1.45 bits per heavy atom. The first-order valence-corrected chi connectivity index (χ1v) is 7.85. The fourth-order valence-corrected chi connectivity index (χ4v) is 2.63. The van der Waals surface area contributed by atoms with Gasteiger partial charge < -0.3 is 25.4 Å². The number of anilines is 1. The van der Waals surface area contributed by atoms with Gasteiger partial charge in [0.1, 0.15) is 24.2 Å². The molecule has 3 heterocycles. The average Bonchev–Trinajstić information content (AvgIpc) is 3.00. The highest BCUT2D eigenvalue weighted by molar-refractivity contribution is 7.46. The molecule has 120 valence electrons. The summed E-state index contributed by atoms with van der Waals surface area (Å²) in [5, 5.41) is 9.93. The van der Waals surface area contributed by atoms with E-state index >= 15 is 0 Å². The zero-order chi connectivity index (χ0) is 15.9. The molecule has 0 saturated carbocycles. The van der Waals surface area contributed by atoms with Gasteiger partial charge in [-0.3, -0.25) is 9.09 Å². The van der Waals surface area contributed by atoms with Gasteiger partial charge in [0.25, 0.3) is 0 Å². The summed E-state index contributed by atoms with van der Waals surface area (Å²) in [4.78, 5) is 29.4. The third kappa shape index (κ3) is 2.95. The molecule has 0 radical (unpaired) electrons. The van der Waals surface area contributed by atoms with Crippen molar-refractivity contribution in [3.05, 3.63) is 12.7 Å². The lowest BCUT2D eigenvalue weighted by Crippen LogP contribution is -2.25. The van der Waals surface area contributed by atoms with Gasteiger partial charge in [0.15, 0.2) is 11.5 Å². The number of aliphatic hydroxyl groups excluding tert-OH is 1. The van der Waals surface area contributed by atoms with Gasteiger partial charge in [-0.05, 0) is 0 Å². The van der Waals surface area contributed by atoms with E-state index in [2.05, 4.69) is 19.5 Å². The topological polar surface area (TPSA) is 166 Å². The molecule has 1 aliphatic rings. The Morgan fingerprint density at radius 2 is 2.23 bits per heavy atom. The quantitative estimate of drug-likeness (QED) is 0.519. The molecule has 0 amide bonds. The number of nitrogens with two attached hydrogens (primary N) is 1. The molecule has 2 aromatic rings. The number of aliphatic hydroxyl groups is 1. The lowest BCUT2D eigenvalue weighted by atomic mass is 10.2. The van der Waals surface area contributed by atoms with Gasteiger partial charge in [-0.15, -0.1) is 0 Å². The monoisotopic (exact) mass is 331 g/mol. The minimum atomic E-state index is -4.62. The molecule has 1 saturated heterocycles. The predicted molar refractivity (Wildman–Crippen MR) is 72.3 cm³/mol. The van der Waals surface area contributed by atoms with E-state index in [0.717, 1.165) is 0 Å². The Hall–Kier alpha value is -1.62. The van der Waals surface area contributed by atoms with E-state index in [0.29, 0.717) is 11.2 Å². The van der Waals surface area contributed by atoms with Gasteiger partial charge in [-0.1, -0.05) is 0 Å².